The second kappa shape index (κ2) is 8.53. The predicted octanol–water partition coefficient (Wildman–Crippen LogP) is 4.17. The first-order valence-electron chi connectivity index (χ1n) is 9.49. The van der Waals surface area contributed by atoms with E-state index in [-0.39, 0.29) is 17.2 Å². The van der Waals surface area contributed by atoms with Gasteiger partial charge in [-0.2, -0.15) is 0 Å². The van der Waals surface area contributed by atoms with Gasteiger partial charge in [-0.25, -0.2) is 0 Å². The molecule has 3 aromatic rings. The average Bonchev–Trinajstić information content (AvgIpc) is 3.29. The number of phenolic OH excluding ortho intramolecular Hbond substituents is 1. The Bertz CT molecular complexity index is 1200. The Labute approximate surface area is 183 Å². The number of imide groups is 1. The number of aromatic nitrogens is 1. The minimum absolute atomic E-state index is 0.155. The summed E-state index contributed by atoms with van der Waals surface area (Å²) in [7, 11) is 0. The van der Waals surface area contributed by atoms with Gasteiger partial charge in [0.1, 0.15) is 12.3 Å². The molecule has 0 aliphatic carbocycles. The number of carbonyl (C=O) groups is 3. The number of aryl methyl sites for hydroxylation is 1. The van der Waals surface area contributed by atoms with E-state index in [0.717, 1.165) is 27.9 Å². The summed E-state index contributed by atoms with van der Waals surface area (Å²) in [5.41, 5.74) is 3.09. The zero-order valence-corrected chi connectivity index (χ0v) is 17.4. The van der Waals surface area contributed by atoms with E-state index in [1.807, 2.05) is 48.0 Å². The molecule has 1 aliphatic rings. The molecule has 4 rings (SSSR count). The van der Waals surface area contributed by atoms with Crippen LogP contribution in [-0.2, 0) is 9.59 Å². The fourth-order valence-electron chi connectivity index (χ4n) is 3.20. The van der Waals surface area contributed by atoms with Crippen LogP contribution >= 0.6 is 11.8 Å². The third kappa shape index (κ3) is 4.54. The number of hydrogen-bond donors (Lipinski definition) is 2. The normalized spacial score (nSPS) is 15.0. The Morgan fingerprint density at radius 1 is 1.10 bits per heavy atom. The van der Waals surface area contributed by atoms with Crippen LogP contribution in [0, 0.1) is 6.92 Å². The van der Waals surface area contributed by atoms with Gasteiger partial charge in [0.25, 0.3) is 11.1 Å². The Balaban J connectivity index is 1.50. The topological polar surface area (TPSA) is 91.6 Å². The third-order valence-electron chi connectivity index (χ3n) is 4.66. The number of rotatable bonds is 5. The van der Waals surface area contributed by atoms with Crippen molar-refractivity contribution in [3.8, 4) is 11.4 Å². The van der Waals surface area contributed by atoms with Gasteiger partial charge < -0.3 is 15.0 Å². The van der Waals surface area contributed by atoms with E-state index in [1.165, 1.54) is 0 Å². The Hall–Kier alpha value is -3.78. The lowest BCUT2D eigenvalue weighted by Crippen LogP contribution is -2.36. The summed E-state index contributed by atoms with van der Waals surface area (Å²) in [5.74, 6) is -0.794. The number of thioether (sulfide) groups is 1. The van der Waals surface area contributed by atoms with Crippen molar-refractivity contribution in [1.29, 1.82) is 0 Å². The molecule has 2 heterocycles. The van der Waals surface area contributed by atoms with Crippen molar-refractivity contribution in [1.82, 2.24) is 9.47 Å². The van der Waals surface area contributed by atoms with Gasteiger partial charge in [0.05, 0.1) is 4.91 Å². The number of nitrogens with zero attached hydrogens (tertiary/aromatic N) is 2. The number of hydrogen-bond acceptors (Lipinski definition) is 5. The molecule has 1 saturated heterocycles. The zero-order valence-electron chi connectivity index (χ0n) is 16.6. The lowest BCUT2D eigenvalue weighted by Gasteiger charge is -2.12. The molecule has 2 N–H and O–H groups in total. The SMILES string of the molecule is Cc1cccc(NC(=O)CN2C(=O)S/C(=C\c3cccn3-c3ccc(O)cc3)C2=O)c1. The molecule has 1 aliphatic heterocycles. The number of nitrogens with one attached hydrogen (secondary N) is 1. The van der Waals surface area contributed by atoms with Crippen LogP contribution < -0.4 is 5.32 Å². The second-order valence-electron chi connectivity index (χ2n) is 7.00. The molecule has 8 heteroatoms. The van der Waals surface area contributed by atoms with Gasteiger partial charge in [-0.3, -0.25) is 19.3 Å². The summed E-state index contributed by atoms with van der Waals surface area (Å²) >= 11 is 0.802. The van der Waals surface area contributed by atoms with Gasteiger partial charge in [-0.15, -0.1) is 0 Å². The summed E-state index contributed by atoms with van der Waals surface area (Å²) in [6, 6.07) is 17.5. The molecular formula is C23H19N3O4S. The minimum atomic E-state index is -0.507. The first kappa shape index (κ1) is 20.5. The zero-order chi connectivity index (χ0) is 22.0. The maximum absolute atomic E-state index is 12.8. The van der Waals surface area contributed by atoms with Gasteiger partial charge in [-0.05, 0) is 78.9 Å². The smallest absolute Gasteiger partial charge is 0.294 e. The van der Waals surface area contributed by atoms with Crippen LogP contribution in [0.25, 0.3) is 11.8 Å². The molecule has 2 aromatic carbocycles. The summed E-state index contributed by atoms with van der Waals surface area (Å²) < 4.78 is 1.83. The summed E-state index contributed by atoms with van der Waals surface area (Å²) in [6.07, 6.45) is 3.44. The van der Waals surface area contributed by atoms with Crippen molar-refractivity contribution in [2.45, 2.75) is 6.92 Å². The third-order valence-corrected chi connectivity index (χ3v) is 5.57. The van der Waals surface area contributed by atoms with Crippen LogP contribution in [0.5, 0.6) is 5.75 Å². The molecule has 156 valence electrons. The molecule has 0 atom stereocenters. The molecule has 1 aromatic heterocycles. The average molecular weight is 433 g/mol. The van der Waals surface area contributed by atoms with Crippen LogP contribution in [0.1, 0.15) is 11.3 Å². The number of amides is 3. The van der Waals surface area contributed by atoms with Gasteiger partial charge in [-0.1, -0.05) is 12.1 Å². The molecule has 0 saturated carbocycles. The molecule has 1 fully saturated rings. The van der Waals surface area contributed by atoms with Crippen LogP contribution in [0.15, 0.2) is 71.8 Å². The van der Waals surface area contributed by atoms with Crippen LogP contribution in [-0.4, -0.2) is 38.2 Å². The quantitative estimate of drug-likeness (QED) is 0.590. The molecule has 0 radical (unpaired) electrons. The highest BCUT2D eigenvalue weighted by molar-refractivity contribution is 8.18. The van der Waals surface area contributed by atoms with Gasteiger partial charge in [0, 0.05) is 23.3 Å². The first-order valence-corrected chi connectivity index (χ1v) is 10.3. The van der Waals surface area contributed by atoms with Crippen molar-refractivity contribution in [2.24, 2.45) is 0 Å². The van der Waals surface area contributed by atoms with Crippen molar-refractivity contribution in [3.63, 3.8) is 0 Å². The van der Waals surface area contributed by atoms with E-state index in [0.29, 0.717) is 11.4 Å². The highest BCUT2D eigenvalue weighted by Crippen LogP contribution is 2.32. The van der Waals surface area contributed by atoms with E-state index in [4.69, 9.17) is 0 Å². The number of aromatic hydroxyl groups is 1. The Morgan fingerprint density at radius 2 is 1.87 bits per heavy atom. The molecule has 31 heavy (non-hydrogen) atoms. The molecule has 0 unspecified atom stereocenters. The highest BCUT2D eigenvalue weighted by Gasteiger charge is 2.36. The van der Waals surface area contributed by atoms with Crippen molar-refractivity contribution in [3.05, 3.63) is 83.0 Å². The number of benzene rings is 2. The van der Waals surface area contributed by atoms with Crippen LogP contribution in [0.2, 0.25) is 0 Å². The van der Waals surface area contributed by atoms with E-state index < -0.39 is 17.1 Å². The maximum atomic E-state index is 12.8. The van der Waals surface area contributed by atoms with Crippen molar-refractivity contribution < 1.29 is 19.5 Å². The highest BCUT2D eigenvalue weighted by atomic mass is 32.2. The van der Waals surface area contributed by atoms with E-state index in [1.54, 1.807) is 36.4 Å². The Morgan fingerprint density at radius 3 is 2.61 bits per heavy atom. The van der Waals surface area contributed by atoms with E-state index >= 15 is 0 Å². The minimum Gasteiger partial charge on any atom is -0.508 e. The standard InChI is InChI=1S/C23H19N3O4S/c1-15-4-2-5-16(12-15)24-21(28)14-26-22(29)20(31-23(26)30)13-18-6-3-11-25(18)17-7-9-19(27)10-8-17/h2-13,27H,14H2,1H3,(H,24,28)/b20-13-. The fourth-order valence-corrected chi connectivity index (χ4v) is 4.02. The van der Waals surface area contributed by atoms with Crippen molar-refractivity contribution >= 4 is 40.6 Å². The number of anilines is 1. The van der Waals surface area contributed by atoms with E-state index in [2.05, 4.69) is 5.32 Å². The predicted molar refractivity (Wildman–Crippen MR) is 120 cm³/mol. The van der Waals surface area contributed by atoms with Crippen molar-refractivity contribution in [2.75, 3.05) is 11.9 Å². The largest absolute Gasteiger partial charge is 0.508 e. The molecule has 3 amide bonds. The van der Waals surface area contributed by atoms with Crippen LogP contribution in [0.4, 0.5) is 10.5 Å². The fraction of sp³-hybridized carbons (Fsp3) is 0.0870. The van der Waals surface area contributed by atoms with Gasteiger partial charge >= 0.3 is 0 Å². The van der Waals surface area contributed by atoms with Crippen LogP contribution in [0.3, 0.4) is 0 Å². The summed E-state index contributed by atoms with van der Waals surface area (Å²) in [5, 5.41) is 11.7. The summed E-state index contributed by atoms with van der Waals surface area (Å²) in [6.45, 7) is 1.56. The second-order valence-corrected chi connectivity index (χ2v) is 8.00. The van der Waals surface area contributed by atoms with E-state index in [9.17, 15) is 19.5 Å². The summed E-state index contributed by atoms with van der Waals surface area (Å²) in [4.78, 5) is 38.7. The number of carbonyl (C=O) groups excluding carboxylic acids is 3. The molecule has 7 nitrogen and oxygen atoms in total. The lowest BCUT2D eigenvalue weighted by atomic mass is 10.2. The maximum Gasteiger partial charge on any atom is 0.294 e. The Kier molecular flexibility index (Phi) is 5.64. The monoisotopic (exact) mass is 433 g/mol. The first-order chi connectivity index (χ1) is 14.9. The van der Waals surface area contributed by atoms with Gasteiger partial charge in [0.2, 0.25) is 5.91 Å². The van der Waals surface area contributed by atoms with Gasteiger partial charge in [0.15, 0.2) is 0 Å². The number of phenols is 1. The molecule has 0 spiro atoms. The molecular weight excluding hydrogens is 414 g/mol. The lowest BCUT2D eigenvalue weighted by molar-refractivity contribution is -0.127. The molecule has 0 bridgehead atoms.